The first-order valence-corrected chi connectivity index (χ1v) is 13.0. The lowest BCUT2D eigenvalue weighted by atomic mass is 10.0. The molecule has 0 spiro atoms. The van der Waals surface area contributed by atoms with Crippen LogP contribution in [0.4, 0.5) is 0 Å². The fourth-order valence-corrected chi connectivity index (χ4v) is 4.64. The Labute approximate surface area is 185 Å². The summed E-state index contributed by atoms with van der Waals surface area (Å²) in [5.41, 5.74) is 1.25. The van der Waals surface area contributed by atoms with Crippen molar-refractivity contribution >= 4 is 7.67 Å². The Hall–Kier alpha value is -1.35. The van der Waals surface area contributed by atoms with Crippen LogP contribution in [0.2, 0.25) is 0 Å². The largest absolute Gasteiger partial charge is 0.422 e. The maximum Gasteiger partial charge on any atom is 0.394 e. The summed E-state index contributed by atoms with van der Waals surface area (Å²) in [6, 6.07) is 8.03. The Balaban J connectivity index is 2.25. The van der Waals surface area contributed by atoms with E-state index < -0.39 is 7.67 Å². The number of hydrogen-bond donors (Lipinski definition) is 0. The molecule has 0 heterocycles. The molecule has 170 valence electrons. The SMILES string of the molecule is CCC/C=C/C/C=C/CCCCCCCc1cccc(OP(=O)(N(C)C)N(C)C)c1. The average molecular weight is 435 g/mol. The Bertz CT molecular complexity index is 671. The van der Waals surface area contributed by atoms with E-state index in [4.69, 9.17) is 4.52 Å². The fourth-order valence-electron chi connectivity index (χ4n) is 3.21. The highest BCUT2D eigenvalue weighted by molar-refractivity contribution is 7.54. The first kappa shape index (κ1) is 26.7. The van der Waals surface area contributed by atoms with Gasteiger partial charge in [0.1, 0.15) is 5.75 Å². The van der Waals surface area contributed by atoms with Crippen LogP contribution in [0.15, 0.2) is 48.6 Å². The van der Waals surface area contributed by atoms with E-state index in [-0.39, 0.29) is 0 Å². The van der Waals surface area contributed by atoms with Gasteiger partial charge < -0.3 is 4.52 Å². The van der Waals surface area contributed by atoms with Gasteiger partial charge in [0.15, 0.2) is 0 Å². The lowest BCUT2D eigenvalue weighted by Gasteiger charge is -2.29. The van der Waals surface area contributed by atoms with Gasteiger partial charge in [0.2, 0.25) is 0 Å². The Morgan fingerprint density at radius 1 is 0.867 bits per heavy atom. The summed E-state index contributed by atoms with van der Waals surface area (Å²) in [5, 5.41) is 0. The second-order valence-electron chi connectivity index (χ2n) is 8.20. The average Bonchev–Trinajstić information content (AvgIpc) is 2.71. The Morgan fingerprint density at radius 2 is 1.50 bits per heavy atom. The Morgan fingerprint density at radius 3 is 2.17 bits per heavy atom. The molecular formula is C25H43N2O2P. The first-order chi connectivity index (χ1) is 14.4. The molecule has 1 aromatic rings. The standard InChI is InChI=1S/C25H43N2O2P/c1-6-7-8-9-10-11-12-13-14-15-16-17-18-20-24-21-19-22-25(23-24)29-30(28,26(2)3)27(4)5/h8-9,11-12,19,21-23H,6-7,10,13-18,20H2,1-5H3/b9-8+,12-11+. The minimum absolute atomic E-state index is 0.676. The molecule has 0 aromatic heterocycles. The highest BCUT2D eigenvalue weighted by Gasteiger charge is 2.31. The van der Waals surface area contributed by atoms with E-state index >= 15 is 0 Å². The van der Waals surface area contributed by atoms with Crippen LogP contribution in [-0.4, -0.2) is 37.5 Å². The smallest absolute Gasteiger partial charge is 0.394 e. The third-order valence-corrected chi connectivity index (χ3v) is 7.50. The number of nitrogens with zero attached hydrogens (tertiary/aromatic N) is 2. The van der Waals surface area contributed by atoms with E-state index in [9.17, 15) is 4.57 Å². The summed E-state index contributed by atoms with van der Waals surface area (Å²) < 4.78 is 22.2. The summed E-state index contributed by atoms with van der Waals surface area (Å²) >= 11 is 0. The number of unbranched alkanes of at least 4 members (excludes halogenated alkanes) is 6. The molecule has 0 fully saturated rings. The van der Waals surface area contributed by atoms with Gasteiger partial charge in [0.25, 0.3) is 0 Å². The lowest BCUT2D eigenvalue weighted by molar-refractivity contribution is 0.354. The maximum absolute atomic E-state index is 13.0. The van der Waals surface area contributed by atoms with Crippen molar-refractivity contribution in [1.82, 2.24) is 9.34 Å². The molecule has 0 N–H and O–H groups in total. The third-order valence-electron chi connectivity index (χ3n) is 5.03. The zero-order chi connectivity index (χ0) is 22.2. The van der Waals surface area contributed by atoms with Crippen LogP contribution in [0, 0.1) is 0 Å². The van der Waals surface area contributed by atoms with Gasteiger partial charge in [0.05, 0.1) is 0 Å². The van der Waals surface area contributed by atoms with Crippen molar-refractivity contribution in [2.24, 2.45) is 0 Å². The van der Waals surface area contributed by atoms with E-state index in [2.05, 4.69) is 37.3 Å². The molecule has 0 atom stereocenters. The van der Waals surface area contributed by atoms with Crippen molar-refractivity contribution in [3.8, 4) is 5.75 Å². The second kappa shape index (κ2) is 15.5. The summed E-state index contributed by atoms with van der Waals surface area (Å²) in [5.74, 6) is 0.676. The van der Waals surface area contributed by atoms with Crippen LogP contribution >= 0.6 is 7.67 Å². The second-order valence-corrected chi connectivity index (χ2v) is 11.0. The molecular weight excluding hydrogens is 391 g/mol. The topological polar surface area (TPSA) is 32.8 Å². The molecule has 0 radical (unpaired) electrons. The molecule has 0 unspecified atom stereocenters. The number of aryl methyl sites for hydroxylation is 1. The normalized spacial score (nSPS) is 12.6. The van der Waals surface area contributed by atoms with Crippen molar-refractivity contribution in [2.75, 3.05) is 28.2 Å². The Kier molecular flexibility index (Phi) is 13.7. The molecule has 1 aromatic carbocycles. The van der Waals surface area contributed by atoms with Crippen molar-refractivity contribution in [3.05, 3.63) is 54.1 Å². The van der Waals surface area contributed by atoms with Gasteiger partial charge in [-0.3, -0.25) is 0 Å². The van der Waals surface area contributed by atoms with Gasteiger partial charge in [-0.15, -0.1) is 0 Å². The van der Waals surface area contributed by atoms with E-state index in [1.165, 1.54) is 56.9 Å². The van der Waals surface area contributed by atoms with E-state index in [1.807, 2.05) is 18.2 Å². The van der Waals surface area contributed by atoms with E-state index in [1.54, 1.807) is 37.5 Å². The molecule has 0 amide bonds. The lowest BCUT2D eigenvalue weighted by Crippen LogP contribution is -2.24. The zero-order valence-electron chi connectivity index (χ0n) is 19.8. The molecule has 0 saturated heterocycles. The van der Waals surface area contributed by atoms with Crippen LogP contribution in [-0.2, 0) is 11.0 Å². The molecule has 5 heteroatoms. The quantitative estimate of drug-likeness (QED) is 0.153. The fraction of sp³-hybridized carbons (Fsp3) is 0.600. The number of benzene rings is 1. The molecule has 0 saturated carbocycles. The van der Waals surface area contributed by atoms with E-state index in [0.717, 1.165) is 12.8 Å². The van der Waals surface area contributed by atoms with Gasteiger partial charge in [-0.05, 0) is 84.4 Å². The number of hydrogen-bond acceptors (Lipinski definition) is 2. The van der Waals surface area contributed by atoms with Crippen LogP contribution in [0.1, 0.15) is 70.3 Å². The molecule has 4 nitrogen and oxygen atoms in total. The highest BCUT2D eigenvalue weighted by Crippen LogP contribution is 2.50. The summed E-state index contributed by atoms with van der Waals surface area (Å²) in [6.45, 7) is 2.21. The van der Waals surface area contributed by atoms with Crippen molar-refractivity contribution in [2.45, 2.75) is 71.1 Å². The maximum atomic E-state index is 13.0. The minimum Gasteiger partial charge on any atom is -0.422 e. The molecule has 0 aliphatic heterocycles. The zero-order valence-corrected chi connectivity index (χ0v) is 20.7. The highest BCUT2D eigenvalue weighted by atomic mass is 31.2. The van der Waals surface area contributed by atoms with Crippen molar-refractivity contribution in [3.63, 3.8) is 0 Å². The minimum atomic E-state index is -3.01. The van der Waals surface area contributed by atoms with Crippen molar-refractivity contribution < 1.29 is 9.09 Å². The van der Waals surface area contributed by atoms with Gasteiger partial charge in [-0.2, -0.15) is 0 Å². The summed E-state index contributed by atoms with van der Waals surface area (Å²) in [7, 11) is 4.12. The third kappa shape index (κ3) is 10.6. The summed E-state index contributed by atoms with van der Waals surface area (Å²) in [6.07, 6.45) is 21.2. The molecule has 0 aliphatic rings. The molecule has 1 rings (SSSR count). The number of allylic oxidation sites excluding steroid dienone is 4. The molecule has 0 bridgehead atoms. The van der Waals surface area contributed by atoms with Crippen LogP contribution in [0.5, 0.6) is 5.75 Å². The molecule has 30 heavy (non-hydrogen) atoms. The summed E-state index contributed by atoms with van der Waals surface area (Å²) in [4.78, 5) is 0. The van der Waals surface area contributed by atoms with Gasteiger partial charge in [0, 0.05) is 0 Å². The van der Waals surface area contributed by atoms with Crippen LogP contribution in [0.25, 0.3) is 0 Å². The van der Waals surface area contributed by atoms with Crippen molar-refractivity contribution in [1.29, 1.82) is 0 Å². The predicted octanol–water partition coefficient (Wildman–Crippen LogP) is 7.48. The monoisotopic (exact) mass is 434 g/mol. The number of rotatable bonds is 16. The van der Waals surface area contributed by atoms with Gasteiger partial charge >= 0.3 is 7.67 Å². The van der Waals surface area contributed by atoms with Gasteiger partial charge in [-0.1, -0.05) is 69.0 Å². The van der Waals surface area contributed by atoms with Crippen LogP contribution < -0.4 is 4.52 Å². The van der Waals surface area contributed by atoms with E-state index in [0.29, 0.717) is 5.75 Å². The molecule has 0 aliphatic carbocycles. The first-order valence-electron chi connectivity index (χ1n) is 11.4. The predicted molar refractivity (Wildman–Crippen MR) is 131 cm³/mol. The van der Waals surface area contributed by atoms with Gasteiger partial charge in [-0.25, -0.2) is 13.9 Å². The van der Waals surface area contributed by atoms with Crippen LogP contribution in [0.3, 0.4) is 0 Å².